The van der Waals surface area contributed by atoms with Crippen molar-refractivity contribution >= 4 is 29.9 Å². The lowest BCUT2D eigenvalue weighted by Gasteiger charge is -2.27. The van der Waals surface area contributed by atoms with Crippen LogP contribution in [-0.4, -0.2) is 24.5 Å². The molecule has 0 aliphatic heterocycles. The molecule has 0 aromatic heterocycles. The van der Waals surface area contributed by atoms with Crippen molar-refractivity contribution in [3.8, 4) is 5.75 Å². The summed E-state index contributed by atoms with van der Waals surface area (Å²) < 4.78 is 5.21. The van der Waals surface area contributed by atoms with Gasteiger partial charge in [0, 0.05) is 24.2 Å². The van der Waals surface area contributed by atoms with Gasteiger partial charge in [-0.15, -0.1) is 12.4 Å². The second-order valence-electron chi connectivity index (χ2n) is 5.74. The first kappa shape index (κ1) is 19.3. The number of amides is 2. The molecule has 1 aliphatic carbocycles. The molecule has 5 N–H and O–H groups in total. The Balaban J connectivity index is 0.00000264. The molecule has 6 nitrogen and oxygen atoms in total. The van der Waals surface area contributed by atoms with Gasteiger partial charge >= 0.3 is 0 Å². The van der Waals surface area contributed by atoms with Crippen molar-refractivity contribution in [2.45, 2.75) is 38.1 Å². The minimum absolute atomic E-state index is 0. The predicted octanol–water partition coefficient (Wildman–Crippen LogP) is 1.82. The topological polar surface area (TPSA) is 107 Å². The third kappa shape index (κ3) is 6.46. The molecule has 7 heteroatoms. The average Bonchev–Trinajstić information content (AvgIpc) is 2.48. The first-order valence-corrected chi connectivity index (χ1v) is 7.61. The molecule has 1 aliphatic rings. The van der Waals surface area contributed by atoms with E-state index in [2.05, 4.69) is 5.32 Å². The summed E-state index contributed by atoms with van der Waals surface area (Å²) in [5.41, 5.74) is 11.7. The zero-order chi connectivity index (χ0) is 15.9. The summed E-state index contributed by atoms with van der Waals surface area (Å²) >= 11 is 0. The van der Waals surface area contributed by atoms with Gasteiger partial charge in [-0.25, -0.2) is 0 Å². The first-order chi connectivity index (χ1) is 10.5. The van der Waals surface area contributed by atoms with E-state index in [1.54, 1.807) is 24.3 Å². The summed E-state index contributed by atoms with van der Waals surface area (Å²) in [7, 11) is 0. The first-order valence-electron chi connectivity index (χ1n) is 7.61. The van der Waals surface area contributed by atoms with Gasteiger partial charge in [-0.3, -0.25) is 9.59 Å². The second-order valence-corrected chi connectivity index (χ2v) is 5.74. The maximum absolute atomic E-state index is 12.1. The van der Waals surface area contributed by atoms with Gasteiger partial charge < -0.3 is 21.5 Å². The fourth-order valence-electron chi connectivity index (χ4n) is 2.76. The SMILES string of the molecule is Cl.NC(=O)COc1cccc(NC(=O)CC2CCCCC2N)c1. The van der Waals surface area contributed by atoms with Crippen LogP contribution < -0.4 is 21.5 Å². The number of ether oxygens (including phenoxy) is 1. The Labute approximate surface area is 142 Å². The molecule has 128 valence electrons. The van der Waals surface area contributed by atoms with Gasteiger partial charge in [-0.1, -0.05) is 18.9 Å². The molecular weight excluding hydrogens is 318 g/mol. The van der Waals surface area contributed by atoms with Crippen LogP contribution in [0.2, 0.25) is 0 Å². The molecule has 1 aromatic carbocycles. The van der Waals surface area contributed by atoms with Gasteiger partial charge in [0.05, 0.1) is 0 Å². The number of anilines is 1. The third-order valence-corrected chi connectivity index (χ3v) is 3.91. The molecular formula is C16H24ClN3O3. The molecule has 0 heterocycles. The maximum Gasteiger partial charge on any atom is 0.255 e. The quantitative estimate of drug-likeness (QED) is 0.733. The van der Waals surface area contributed by atoms with Crippen LogP contribution in [0.3, 0.4) is 0 Å². The number of carbonyl (C=O) groups excluding carboxylic acids is 2. The van der Waals surface area contributed by atoms with Crippen molar-refractivity contribution < 1.29 is 14.3 Å². The van der Waals surface area contributed by atoms with Gasteiger partial charge in [0.15, 0.2) is 6.61 Å². The van der Waals surface area contributed by atoms with Gasteiger partial charge in [0.1, 0.15) is 5.75 Å². The molecule has 1 fully saturated rings. The highest BCUT2D eigenvalue weighted by Crippen LogP contribution is 2.26. The fraction of sp³-hybridized carbons (Fsp3) is 0.500. The van der Waals surface area contributed by atoms with Crippen molar-refractivity contribution in [3.05, 3.63) is 24.3 Å². The van der Waals surface area contributed by atoms with E-state index in [9.17, 15) is 9.59 Å². The molecule has 2 unspecified atom stereocenters. The summed E-state index contributed by atoms with van der Waals surface area (Å²) in [6, 6.07) is 7.01. The molecule has 0 radical (unpaired) electrons. The van der Waals surface area contributed by atoms with Crippen molar-refractivity contribution in [2.24, 2.45) is 17.4 Å². The Morgan fingerprint density at radius 1 is 1.26 bits per heavy atom. The highest BCUT2D eigenvalue weighted by Gasteiger charge is 2.24. The minimum atomic E-state index is -0.541. The lowest BCUT2D eigenvalue weighted by atomic mass is 9.83. The molecule has 0 bridgehead atoms. The van der Waals surface area contributed by atoms with Crippen LogP contribution in [0.25, 0.3) is 0 Å². The van der Waals surface area contributed by atoms with Crippen LogP contribution >= 0.6 is 12.4 Å². The summed E-state index contributed by atoms with van der Waals surface area (Å²) in [5.74, 6) is 0.157. The van der Waals surface area contributed by atoms with E-state index in [1.165, 1.54) is 0 Å². The predicted molar refractivity (Wildman–Crippen MR) is 91.6 cm³/mol. The van der Waals surface area contributed by atoms with Gasteiger partial charge in [0.25, 0.3) is 5.91 Å². The fourth-order valence-corrected chi connectivity index (χ4v) is 2.76. The third-order valence-electron chi connectivity index (χ3n) is 3.91. The van der Waals surface area contributed by atoms with Crippen LogP contribution in [0.1, 0.15) is 32.1 Å². The van der Waals surface area contributed by atoms with Gasteiger partial charge in [-0.2, -0.15) is 0 Å². The van der Waals surface area contributed by atoms with Crippen molar-refractivity contribution in [1.29, 1.82) is 0 Å². The molecule has 1 aromatic rings. The molecule has 0 spiro atoms. The van der Waals surface area contributed by atoms with Crippen LogP contribution in [0, 0.1) is 5.92 Å². The average molecular weight is 342 g/mol. The Hall–Kier alpha value is -1.79. The van der Waals surface area contributed by atoms with E-state index < -0.39 is 5.91 Å². The number of halogens is 1. The number of hydrogen-bond donors (Lipinski definition) is 3. The minimum Gasteiger partial charge on any atom is -0.484 e. The van der Waals surface area contributed by atoms with Crippen LogP contribution in [0.4, 0.5) is 5.69 Å². The normalized spacial score (nSPS) is 20.2. The van der Waals surface area contributed by atoms with Crippen molar-refractivity contribution in [3.63, 3.8) is 0 Å². The monoisotopic (exact) mass is 341 g/mol. The highest BCUT2D eigenvalue weighted by molar-refractivity contribution is 5.91. The van der Waals surface area contributed by atoms with Crippen LogP contribution in [0.5, 0.6) is 5.75 Å². The number of primary amides is 1. The standard InChI is InChI=1S/C16H23N3O3.ClH/c17-14-7-2-1-4-11(14)8-16(21)19-12-5-3-6-13(9-12)22-10-15(18)20;/h3,5-6,9,11,14H,1-2,4,7-8,10,17H2,(H2,18,20)(H,19,21);1H. The number of carbonyl (C=O) groups is 2. The second kappa shape index (κ2) is 9.37. The smallest absolute Gasteiger partial charge is 0.255 e. The number of hydrogen-bond acceptors (Lipinski definition) is 4. The van der Waals surface area contributed by atoms with E-state index in [-0.39, 0.29) is 36.9 Å². The molecule has 0 saturated heterocycles. The maximum atomic E-state index is 12.1. The Kier molecular flexibility index (Phi) is 7.85. The number of nitrogens with two attached hydrogens (primary N) is 2. The summed E-state index contributed by atoms with van der Waals surface area (Å²) in [4.78, 5) is 22.8. The van der Waals surface area contributed by atoms with Crippen molar-refractivity contribution in [2.75, 3.05) is 11.9 Å². The molecule has 1 saturated carbocycles. The zero-order valence-electron chi connectivity index (χ0n) is 13.0. The van der Waals surface area contributed by atoms with E-state index in [1.807, 2.05) is 0 Å². The summed E-state index contributed by atoms with van der Waals surface area (Å²) in [5, 5.41) is 2.85. The van der Waals surface area contributed by atoms with Gasteiger partial charge in [0.2, 0.25) is 5.91 Å². The zero-order valence-corrected chi connectivity index (χ0v) is 13.8. The van der Waals surface area contributed by atoms with E-state index >= 15 is 0 Å². The highest BCUT2D eigenvalue weighted by atomic mass is 35.5. The van der Waals surface area contributed by atoms with Crippen LogP contribution in [-0.2, 0) is 9.59 Å². The van der Waals surface area contributed by atoms with E-state index in [0.717, 1.165) is 25.7 Å². The van der Waals surface area contributed by atoms with Gasteiger partial charge in [-0.05, 0) is 30.9 Å². The summed E-state index contributed by atoms with van der Waals surface area (Å²) in [6.45, 7) is -0.186. The number of nitrogens with one attached hydrogen (secondary N) is 1. The van der Waals surface area contributed by atoms with Crippen molar-refractivity contribution in [1.82, 2.24) is 0 Å². The van der Waals surface area contributed by atoms with Crippen LogP contribution in [0.15, 0.2) is 24.3 Å². The number of rotatable bonds is 6. The largest absolute Gasteiger partial charge is 0.484 e. The lowest BCUT2D eigenvalue weighted by Crippen LogP contribution is -2.35. The lowest BCUT2D eigenvalue weighted by molar-refractivity contribution is -0.120. The molecule has 2 rings (SSSR count). The molecule has 2 amide bonds. The Morgan fingerprint density at radius 2 is 2.00 bits per heavy atom. The number of benzene rings is 1. The van der Waals surface area contributed by atoms with E-state index in [4.69, 9.17) is 16.2 Å². The molecule has 23 heavy (non-hydrogen) atoms. The Bertz CT molecular complexity index is 539. The Morgan fingerprint density at radius 3 is 2.70 bits per heavy atom. The van der Waals surface area contributed by atoms with E-state index in [0.29, 0.717) is 17.9 Å². The molecule has 2 atom stereocenters. The summed E-state index contributed by atoms with van der Waals surface area (Å²) in [6.07, 6.45) is 4.74.